The molecule has 1 heteroatoms. The van der Waals surface area contributed by atoms with Gasteiger partial charge in [0.2, 0.25) is 0 Å². The van der Waals surface area contributed by atoms with Crippen LogP contribution in [0, 0.1) is 6.92 Å². The summed E-state index contributed by atoms with van der Waals surface area (Å²) in [6.07, 6.45) is 0. The second-order valence-electron chi connectivity index (χ2n) is 1.30. The van der Waals surface area contributed by atoms with E-state index in [4.69, 9.17) is 0 Å². The number of thiophene rings is 1. The van der Waals surface area contributed by atoms with Gasteiger partial charge in [0.25, 0.3) is 0 Å². The zero-order valence-corrected chi connectivity index (χ0v) is 4.46. The summed E-state index contributed by atoms with van der Waals surface area (Å²) in [6.45, 7) is 2.09. The quantitative estimate of drug-likeness (QED) is 0.486. The van der Waals surface area contributed by atoms with E-state index in [2.05, 4.69) is 23.8 Å². The summed E-state index contributed by atoms with van der Waals surface area (Å²) in [6, 6.07) is 2.10. The molecule has 1 aromatic rings. The van der Waals surface area contributed by atoms with Crippen LogP contribution < -0.4 is 0 Å². The zero-order chi connectivity index (χ0) is 4.41. The molecular weight excluding hydrogens is 104 g/mol. The highest BCUT2D eigenvalue weighted by atomic mass is 32.1. The molecular formula is C6H10S. The number of hydrogen-bond acceptors (Lipinski definition) is 1. The van der Waals surface area contributed by atoms with E-state index in [0.29, 0.717) is 0 Å². The van der Waals surface area contributed by atoms with Crippen molar-refractivity contribution in [2.75, 3.05) is 0 Å². The molecule has 1 rings (SSSR count). The molecule has 7 heavy (non-hydrogen) atoms. The molecule has 40 valence electrons. The standard InChI is InChI=1S/C5H6S.CH4/c1-5-2-3-6-4-5;/h2-4H,1H3;1H4. The minimum Gasteiger partial charge on any atom is -0.152 e. The van der Waals surface area contributed by atoms with Crippen molar-refractivity contribution in [3.63, 3.8) is 0 Å². The number of hydrogen-bond donors (Lipinski definition) is 0. The summed E-state index contributed by atoms with van der Waals surface area (Å²) < 4.78 is 0. The van der Waals surface area contributed by atoms with Crippen LogP contribution in [0.1, 0.15) is 13.0 Å². The molecule has 0 spiro atoms. The van der Waals surface area contributed by atoms with Crippen LogP contribution in [0.5, 0.6) is 0 Å². The fraction of sp³-hybridized carbons (Fsp3) is 0.333. The Labute approximate surface area is 48.8 Å². The molecule has 1 aromatic heterocycles. The fourth-order valence-corrected chi connectivity index (χ4v) is 0.998. The average molecular weight is 114 g/mol. The van der Waals surface area contributed by atoms with E-state index in [1.807, 2.05) is 0 Å². The van der Waals surface area contributed by atoms with Crippen molar-refractivity contribution in [3.05, 3.63) is 22.4 Å². The highest BCUT2D eigenvalue weighted by molar-refractivity contribution is 7.07. The Hall–Kier alpha value is -0.300. The Morgan fingerprint density at radius 3 is 2.43 bits per heavy atom. The first kappa shape index (κ1) is 6.70. The summed E-state index contributed by atoms with van der Waals surface area (Å²) in [7, 11) is 0. The molecule has 0 amide bonds. The molecule has 0 aromatic carbocycles. The molecule has 0 bridgehead atoms. The largest absolute Gasteiger partial charge is 0.152 e. The van der Waals surface area contributed by atoms with Gasteiger partial charge in [0.15, 0.2) is 0 Å². The molecule has 0 unspecified atom stereocenters. The molecule has 0 radical (unpaired) electrons. The van der Waals surface area contributed by atoms with Crippen molar-refractivity contribution in [1.82, 2.24) is 0 Å². The molecule has 0 aliphatic rings. The summed E-state index contributed by atoms with van der Waals surface area (Å²) >= 11 is 1.74. The predicted octanol–water partition coefficient (Wildman–Crippen LogP) is 2.69. The SMILES string of the molecule is C.Cc1ccsc1. The Morgan fingerprint density at radius 2 is 2.29 bits per heavy atom. The van der Waals surface area contributed by atoms with Crippen molar-refractivity contribution in [1.29, 1.82) is 0 Å². The van der Waals surface area contributed by atoms with Crippen LogP contribution in [0.4, 0.5) is 0 Å². The lowest BCUT2D eigenvalue weighted by Crippen LogP contribution is -1.47. The third-order valence-corrected chi connectivity index (χ3v) is 1.46. The maximum absolute atomic E-state index is 2.12. The van der Waals surface area contributed by atoms with Crippen molar-refractivity contribution >= 4 is 11.3 Å². The van der Waals surface area contributed by atoms with Crippen LogP contribution in [-0.4, -0.2) is 0 Å². The lowest BCUT2D eigenvalue weighted by Gasteiger charge is -1.65. The summed E-state index contributed by atoms with van der Waals surface area (Å²) in [4.78, 5) is 0. The van der Waals surface area contributed by atoms with E-state index in [1.165, 1.54) is 5.56 Å². The van der Waals surface area contributed by atoms with E-state index in [1.54, 1.807) is 11.3 Å². The first-order chi connectivity index (χ1) is 2.89. The second kappa shape index (κ2) is 2.80. The zero-order valence-electron chi connectivity index (χ0n) is 3.64. The molecule has 0 saturated heterocycles. The average Bonchev–Trinajstić information content (AvgIpc) is 1.86. The van der Waals surface area contributed by atoms with Gasteiger partial charge in [-0.25, -0.2) is 0 Å². The third-order valence-electron chi connectivity index (χ3n) is 0.663. The Morgan fingerprint density at radius 1 is 1.57 bits per heavy atom. The maximum atomic E-state index is 2.12. The Balaban J connectivity index is 0.000000360. The van der Waals surface area contributed by atoms with E-state index in [0.717, 1.165) is 0 Å². The van der Waals surface area contributed by atoms with Crippen molar-refractivity contribution in [3.8, 4) is 0 Å². The van der Waals surface area contributed by atoms with Gasteiger partial charge >= 0.3 is 0 Å². The molecule has 0 saturated carbocycles. The molecule has 0 aliphatic carbocycles. The lowest BCUT2D eigenvalue weighted by molar-refractivity contribution is 1.56. The first-order valence-electron chi connectivity index (χ1n) is 1.88. The van der Waals surface area contributed by atoms with Crippen LogP contribution in [0.2, 0.25) is 0 Å². The highest BCUT2D eigenvalue weighted by Gasteiger charge is 1.74. The molecule has 0 aliphatic heterocycles. The van der Waals surface area contributed by atoms with Gasteiger partial charge in [0.1, 0.15) is 0 Å². The lowest BCUT2D eigenvalue weighted by atomic mass is 10.4. The van der Waals surface area contributed by atoms with Crippen molar-refractivity contribution in [2.45, 2.75) is 14.4 Å². The van der Waals surface area contributed by atoms with Gasteiger partial charge in [0.05, 0.1) is 0 Å². The summed E-state index contributed by atoms with van der Waals surface area (Å²) in [5, 5.41) is 4.20. The second-order valence-corrected chi connectivity index (χ2v) is 2.08. The van der Waals surface area contributed by atoms with E-state index < -0.39 is 0 Å². The van der Waals surface area contributed by atoms with Gasteiger partial charge in [-0.1, -0.05) is 7.43 Å². The molecule has 1 heterocycles. The number of rotatable bonds is 0. The van der Waals surface area contributed by atoms with Gasteiger partial charge in [0, 0.05) is 0 Å². The van der Waals surface area contributed by atoms with Crippen molar-refractivity contribution < 1.29 is 0 Å². The maximum Gasteiger partial charge on any atom is -0.00641 e. The smallest absolute Gasteiger partial charge is 0.00641 e. The monoisotopic (exact) mass is 114 g/mol. The normalized spacial score (nSPS) is 7.57. The van der Waals surface area contributed by atoms with E-state index in [9.17, 15) is 0 Å². The molecule has 0 N–H and O–H groups in total. The van der Waals surface area contributed by atoms with E-state index in [-0.39, 0.29) is 7.43 Å². The fourth-order valence-electron chi connectivity index (χ4n) is 0.333. The van der Waals surface area contributed by atoms with Crippen molar-refractivity contribution in [2.24, 2.45) is 0 Å². The Kier molecular flexibility index (Phi) is 2.68. The van der Waals surface area contributed by atoms with Gasteiger partial charge in [-0.2, -0.15) is 11.3 Å². The minimum atomic E-state index is 0. The molecule has 0 atom stereocenters. The summed E-state index contributed by atoms with van der Waals surface area (Å²) in [5.41, 5.74) is 1.36. The topological polar surface area (TPSA) is 0 Å². The molecule has 0 nitrogen and oxygen atoms in total. The van der Waals surface area contributed by atoms with Crippen LogP contribution in [0.3, 0.4) is 0 Å². The summed E-state index contributed by atoms with van der Waals surface area (Å²) in [5.74, 6) is 0. The minimum absolute atomic E-state index is 0. The molecule has 0 fully saturated rings. The van der Waals surface area contributed by atoms with Crippen LogP contribution in [-0.2, 0) is 0 Å². The van der Waals surface area contributed by atoms with Crippen LogP contribution >= 0.6 is 11.3 Å². The third kappa shape index (κ3) is 1.74. The van der Waals surface area contributed by atoms with Gasteiger partial charge in [-0.15, -0.1) is 0 Å². The highest BCUT2D eigenvalue weighted by Crippen LogP contribution is 2.01. The van der Waals surface area contributed by atoms with Gasteiger partial charge in [-0.3, -0.25) is 0 Å². The predicted molar refractivity (Wildman–Crippen MR) is 35.8 cm³/mol. The van der Waals surface area contributed by atoms with E-state index >= 15 is 0 Å². The van der Waals surface area contributed by atoms with Crippen LogP contribution in [0.25, 0.3) is 0 Å². The number of aryl methyl sites for hydroxylation is 1. The first-order valence-corrected chi connectivity index (χ1v) is 2.82. The van der Waals surface area contributed by atoms with Gasteiger partial charge in [-0.05, 0) is 29.3 Å². The van der Waals surface area contributed by atoms with Gasteiger partial charge < -0.3 is 0 Å². The van der Waals surface area contributed by atoms with Crippen LogP contribution in [0.15, 0.2) is 16.8 Å². The Bertz CT molecular complexity index is 108.